The molecule has 1 atom stereocenters. The number of hydrogen-bond donors (Lipinski definition) is 2. The highest BCUT2D eigenvalue weighted by molar-refractivity contribution is 6.30. The van der Waals surface area contributed by atoms with E-state index in [4.69, 9.17) is 11.6 Å². The average Bonchev–Trinajstić information content (AvgIpc) is 2.61. The second-order valence-electron chi connectivity index (χ2n) is 6.02. The maximum absolute atomic E-state index is 12.5. The van der Waals surface area contributed by atoms with E-state index in [1.165, 1.54) is 24.3 Å². The number of amides is 2. The van der Waals surface area contributed by atoms with Crippen molar-refractivity contribution < 1.29 is 14.5 Å². The van der Waals surface area contributed by atoms with Crippen LogP contribution in [0.25, 0.3) is 0 Å². The molecule has 0 fully saturated rings. The fourth-order valence-corrected chi connectivity index (χ4v) is 2.64. The summed E-state index contributed by atoms with van der Waals surface area (Å²) in [7, 11) is 0. The number of rotatable bonds is 5. The first-order valence-corrected chi connectivity index (χ1v) is 8.27. The van der Waals surface area contributed by atoms with Crippen LogP contribution in [0.3, 0.4) is 0 Å². The van der Waals surface area contributed by atoms with Gasteiger partial charge in [0.15, 0.2) is 0 Å². The van der Waals surface area contributed by atoms with Crippen molar-refractivity contribution in [2.45, 2.75) is 19.8 Å². The summed E-state index contributed by atoms with van der Waals surface area (Å²) in [5.41, 5.74) is 5.60. The molecular formula is C18H18ClN3O4. The Labute approximate surface area is 155 Å². The molecule has 0 aromatic heterocycles. The van der Waals surface area contributed by atoms with Gasteiger partial charge in [-0.3, -0.25) is 30.6 Å². The SMILES string of the molecule is CC(C)[C@@H](C(=O)NNC(=O)c1ccc([N+](=O)[O-])cc1)c1ccc(Cl)cc1. The predicted molar refractivity (Wildman–Crippen MR) is 97.7 cm³/mol. The zero-order valence-corrected chi connectivity index (χ0v) is 15.0. The molecule has 0 aliphatic carbocycles. The molecule has 0 saturated carbocycles. The van der Waals surface area contributed by atoms with E-state index in [1.54, 1.807) is 24.3 Å². The normalized spacial score (nSPS) is 11.7. The minimum absolute atomic E-state index is 0.00699. The largest absolute Gasteiger partial charge is 0.273 e. The highest BCUT2D eigenvalue weighted by atomic mass is 35.5. The van der Waals surface area contributed by atoms with Gasteiger partial charge in [-0.15, -0.1) is 0 Å². The number of carbonyl (C=O) groups excluding carboxylic acids is 2. The molecule has 0 aliphatic heterocycles. The molecule has 2 aromatic carbocycles. The van der Waals surface area contributed by atoms with Gasteiger partial charge in [0, 0.05) is 22.7 Å². The van der Waals surface area contributed by atoms with Gasteiger partial charge in [-0.05, 0) is 35.7 Å². The van der Waals surface area contributed by atoms with Crippen LogP contribution >= 0.6 is 11.6 Å². The van der Waals surface area contributed by atoms with Crippen molar-refractivity contribution in [1.82, 2.24) is 10.9 Å². The van der Waals surface area contributed by atoms with E-state index in [2.05, 4.69) is 10.9 Å². The molecule has 2 N–H and O–H groups in total. The van der Waals surface area contributed by atoms with Gasteiger partial charge >= 0.3 is 0 Å². The molecule has 0 unspecified atom stereocenters. The van der Waals surface area contributed by atoms with Gasteiger partial charge in [-0.2, -0.15) is 0 Å². The lowest BCUT2D eigenvalue weighted by atomic mass is 9.88. The molecule has 2 amide bonds. The molecule has 0 saturated heterocycles. The maximum Gasteiger partial charge on any atom is 0.269 e. The monoisotopic (exact) mass is 375 g/mol. The number of carbonyl (C=O) groups is 2. The van der Waals surface area contributed by atoms with E-state index >= 15 is 0 Å². The third-order valence-electron chi connectivity index (χ3n) is 3.82. The molecule has 0 bridgehead atoms. The zero-order chi connectivity index (χ0) is 19.3. The smallest absolute Gasteiger partial charge is 0.269 e. The number of nitrogens with one attached hydrogen (secondary N) is 2. The van der Waals surface area contributed by atoms with Gasteiger partial charge < -0.3 is 0 Å². The van der Waals surface area contributed by atoms with Crippen molar-refractivity contribution in [3.63, 3.8) is 0 Å². The lowest BCUT2D eigenvalue weighted by Crippen LogP contribution is -2.44. The molecule has 0 aliphatic rings. The number of nitro benzene ring substituents is 1. The maximum atomic E-state index is 12.5. The first-order valence-electron chi connectivity index (χ1n) is 7.89. The Bertz CT molecular complexity index is 804. The zero-order valence-electron chi connectivity index (χ0n) is 14.2. The van der Waals surface area contributed by atoms with E-state index in [1.807, 2.05) is 13.8 Å². The first-order chi connectivity index (χ1) is 12.3. The highest BCUT2D eigenvalue weighted by Gasteiger charge is 2.24. The van der Waals surface area contributed by atoms with E-state index in [-0.39, 0.29) is 23.1 Å². The van der Waals surface area contributed by atoms with Crippen molar-refractivity contribution >= 4 is 29.1 Å². The topological polar surface area (TPSA) is 101 Å². The van der Waals surface area contributed by atoms with Crippen molar-refractivity contribution in [1.29, 1.82) is 0 Å². The molecule has 0 radical (unpaired) electrons. The van der Waals surface area contributed by atoms with Crippen molar-refractivity contribution in [2.75, 3.05) is 0 Å². The number of nitro groups is 1. The number of halogens is 1. The Hall–Kier alpha value is -2.93. The van der Waals surface area contributed by atoms with Crippen LogP contribution in [0.15, 0.2) is 48.5 Å². The van der Waals surface area contributed by atoms with Crippen LogP contribution < -0.4 is 10.9 Å². The molecule has 2 aromatic rings. The highest BCUT2D eigenvalue weighted by Crippen LogP contribution is 2.25. The molecule has 0 heterocycles. The molecule has 2 rings (SSSR count). The van der Waals surface area contributed by atoms with Crippen LogP contribution in [-0.4, -0.2) is 16.7 Å². The molecule has 136 valence electrons. The van der Waals surface area contributed by atoms with Crippen LogP contribution in [-0.2, 0) is 4.79 Å². The van der Waals surface area contributed by atoms with Crippen LogP contribution in [0, 0.1) is 16.0 Å². The fourth-order valence-electron chi connectivity index (χ4n) is 2.51. The van der Waals surface area contributed by atoms with Gasteiger partial charge in [0.25, 0.3) is 11.6 Å². The summed E-state index contributed by atoms with van der Waals surface area (Å²) in [4.78, 5) is 34.7. The second-order valence-corrected chi connectivity index (χ2v) is 6.46. The Morgan fingerprint density at radius 3 is 2.08 bits per heavy atom. The van der Waals surface area contributed by atoms with E-state index in [0.717, 1.165) is 5.56 Å². The van der Waals surface area contributed by atoms with E-state index in [0.29, 0.717) is 5.02 Å². The number of hydrogen-bond acceptors (Lipinski definition) is 4. The van der Waals surface area contributed by atoms with Crippen LogP contribution in [0.1, 0.15) is 35.7 Å². The van der Waals surface area contributed by atoms with E-state index in [9.17, 15) is 19.7 Å². The standard InChI is InChI=1S/C18H18ClN3O4/c1-11(2)16(12-3-7-14(19)8-4-12)18(24)21-20-17(23)13-5-9-15(10-6-13)22(25)26/h3-11,16H,1-2H3,(H,20,23)(H,21,24)/t16-/m1/s1. The summed E-state index contributed by atoms with van der Waals surface area (Å²) < 4.78 is 0. The second kappa shape index (κ2) is 8.44. The van der Waals surface area contributed by atoms with Gasteiger partial charge in [0.05, 0.1) is 10.8 Å². The summed E-state index contributed by atoms with van der Waals surface area (Å²) in [6.45, 7) is 3.80. The molecule has 0 spiro atoms. The molecular weight excluding hydrogens is 358 g/mol. The van der Waals surface area contributed by atoms with Crippen LogP contribution in [0.5, 0.6) is 0 Å². The van der Waals surface area contributed by atoms with Crippen molar-refractivity contribution in [3.8, 4) is 0 Å². The average molecular weight is 376 g/mol. The Morgan fingerprint density at radius 2 is 1.58 bits per heavy atom. The summed E-state index contributed by atoms with van der Waals surface area (Å²) in [6.07, 6.45) is 0. The number of hydrazine groups is 1. The van der Waals surface area contributed by atoms with Crippen molar-refractivity contribution in [2.24, 2.45) is 5.92 Å². The minimum atomic E-state index is -0.563. The Kier molecular flexibility index (Phi) is 6.30. The number of nitrogens with zero attached hydrogens (tertiary/aromatic N) is 1. The first kappa shape index (κ1) is 19.4. The molecule has 7 nitrogen and oxygen atoms in total. The van der Waals surface area contributed by atoms with Crippen LogP contribution in [0.2, 0.25) is 5.02 Å². The summed E-state index contributed by atoms with van der Waals surface area (Å²) >= 11 is 5.88. The summed E-state index contributed by atoms with van der Waals surface area (Å²) in [5, 5.41) is 11.2. The predicted octanol–water partition coefficient (Wildman–Crippen LogP) is 3.45. The minimum Gasteiger partial charge on any atom is -0.273 e. The van der Waals surface area contributed by atoms with Crippen LogP contribution in [0.4, 0.5) is 5.69 Å². The van der Waals surface area contributed by atoms with Gasteiger partial charge in [-0.25, -0.2) is 0 Å². The molecule has 8 heteroatoms. The van der Waals surface area contributed by atoms with E-state index < -0.39 is 16.7 Å². The van der Waals surface area contributed by atoms with Gasteiger partial charge in [0.2, 0.25) is 5.91 Å². The number of non-ortho nitro benzene ring substituents is 1. The number of benzene rings is 2. The molecule has 26 heavy (non-hydrogen) atoms. The Balaban J connectivity index is 2.04. The summed E-state index contributed by atoms with van der Waals surface area (Å²) in [6, 6.07) is 12.0. The quantitative estimate of drug-likeness (QED) is 0.617. The third-order valence-corrected chi connectivity index (χ3v) is 4.07. The lowest BCUT2D eigenvalue weighted by molar-refractivity contribution is -0.384. The summed E-state index contributed by atoms with van der Waals surface area (Å²) in [5.74, 6) is -1.40. The lowest BCUT2D eigenvalue weighted by Gasteiger charge is -2.21. The third kappa shape index (κ3) is 4.80. The van der Waals surface area contributed by atoms with Gasteiger partial charge in [-0.1, -0.05) is 37.6 Å². The van der Waals surface area contributed by atoms with Crippen molar-refractivity contribution in [3.05, 3.63) is 74.8 Å². The fraction of sp³-hybridized carbons (Fsp3) is 0.222. The van der Waals surface area contributed by atoms with Gasteiger partial charge in [0.1, 0.15) is 0 Å². The Morgan fingerprint density at radius 1 is 1.00 bits per heavy atom.